The minimum absolute atomic E-state index is 0.0594. The van der Waals surface area contributed by atoms with Crippen molar-refractivity contribution in [1.82, 2.24) is 14.8 Å². The Morgan fingerprint density at radius 3 is 2.75 bits per heavy atom. The Bertz CT molecular complexity index is 506. The Kier molecular flexibility index (Phi) is 2.50. The Labute approximate surface area is 90.4 Å². The van der Waals surface area contributed by atoms with Crippen molar-refractivity contribution >= 4 is 5.69 Å². The van der Waals surface area contributed by atoms with Gasteiger partial charge in [-0.25, -0.2) is 9.67 Å². The topological polar surface area (TPSA) is 83.1 Å². The maximum absolute atomic E-state index is 10.5. The van der Waals surface area contributed by atoms with Crippen LogP contribution >= 0.6 is 0 Å². The molecule has 0 amide bonds. The summed E-state index contributed by atoms with van der Waals surface area (Å²) in [5.41, 5.74) is 0.574. The van der Waals surface area contributed by atoms with Gasteiger partial charge in [-0.1, -0.05) is 0 Å². The van der Waals surface area contributed by atoms with E-state index in [9.17, 15) is 10.1 Å². The summed E-state index contributed by atoms with van der Waals surface area (Å²) >= 11 is 0. The maximum atomic E-state index is 10.5. The van der Waals surface area contributed by atoms with Crippen LogP contribution in [0.3, 0.4) is 0 Å². The van der Waals surface area contributed by atoms with Crippen LogP contribution in [0.15, 0.2) is 30.7 Å². The average Bonchev–Trinajstić information content (AvgIpc) is 2.78. The Balaban J connectivity index is 2.31. The summed E-state index contributed by atoms with van der Waals surface area (Å²) in [5.74, 6) is 0.477. The quantitative estimate of drug-likeness (QED) is 0.573. The van der Waals surface area contributed by atoms with Gasteiger partial charge in [0, 0.05) is 6.07 Å². The SMILES string of the molecule is COc1ccc(-n2cc([N+](=O)[O-])cn2)cn1. The standard InChI is InChI=1S/C9H8N4O3/c1-16-9-3-2-7(4-10-9)12-6-8(5-11-12)13(14)15/h2-6H,1H3. The van der Waals surface area contributed by atoms with E-state index in [1.807, 2.05) is 0 Å². The van der Waals surface area contributed by atoms with Gasteiger partial charge in [-0.05, 0) is 6.07 Å². The molecule has 2 aromatic rings. The summed E-state index contributed by atoms with van der Waals surface area (Å²) in [4.78, 5) is 13.9. The zero-order valence-electron chi connectivity index (χ0n) is 8.40. The second-order valence-electron chi connectivity index (χ2n) is 2.96. The van der Waals surface area contributed by atoms with Crippen LogP contribution in [0.2, 0.25) is 0 Å². The number of hydrogen-bond donors (Lipinski definition) is 0. The van der Waals surface area contributed by atoms with E-state index in [0.717, 1.165) is 0 Å². The molecular weight excluding hydrogens is 212 g/mol. The molecule has 0 radical (unpaired) electrons. The summed E-state index contributed by atoms with van der Waals surface area (Å²) in [5, 5.41) is 14.3. The molecule has 2 heterocycles. The average molecular weight is 220 g/mol. The van der Waals surface area contributed by atoms with Gasteiger partial charge in [0.05, 0.1) is 23.9 Å². The number of pyridine rings is 1. The summed E-state index contributed by atoms with van der Waals surface area (Å²) in [6, 6.07) is 3.37. The molecule has 7 nitrogen and oxygen atoms in total. The lowest BCUT2D eigenvalue weighted by molar-refractivity contribution is -0.384. The number of hydrogen-bond acceptors (Lipinski definition) is 5. The van der Waals surface area contributed by atoms with Crippen LogP contribution in [0.1, 0.15) is 0 Å². The lowest BCUT2D eigenvalue weighted by Gasteiger charge is -2.01. The van der Waals surface area contributed by atoms with E-state index in [2.05, 4.69) is 10.1 Å². The van der Waals surface area contributed by atoms with Gasteiger partial charge in [0.15, 0.2) is 0 Å². The molecule has 0 aromatic carbocycles. The molecule has 0 spiro atoms. The van der Waals surface area contributed by atoms with Crippen molar-refractivity contribution in [3.8, 4) is 11.6 Å². The normalized spacial score (nSPS) is 10.1. The molecule has 0 aliphatic rings. The number of nitro groups is 1. The molecular formula is C9H8N4O3. The molecule has 7 heteroatoms. The van der Waals surface area contributed by atoms with Gasteiger partial charge in [-0.2, -0.15) is 5.10 Å². The zero-order chi connectivity index (χ0) is 11.5. The molecule has 0 saturated heterocycles. The predicted molar refractivity (Wildman–Crippen MR) is 54.6 cm³/mol. The van der Waals surface area contributed by atoms with E-state index < -0.39 is 4.92 Å². The van der Waals surface area contributed by atoms with Crippen LogP contribution in [0.4, 0.5) is 5.69 Å². The van der Waals surface area contributed by atoms with Gasteiger partial charge in [0.25, 0.3) is 0 Å². The van der Waals surface area contributed by atoms with Gasteiger partial charge < -0.3 is 4.74 Å². The van der Waals surface area contributed by atoms with Crippen LogP contribution < -0.4 is 4.74 Å². The first kappa shape index (κ1) is 10.1. The van der Waals surface area contributed by atoms with E-state index >= 15 is 0 Å². The van der Waals surface area contributed by atoms with Crippen LogP contribution in [-0.4, -0.2) is 26.8 Å². The molecule has 0 aliphatic heterocycles. The summed E-state index contributed by atoms with van der Waals surface area (Å²) in [6.45, 7) is 0. The number of ether oxygens (including phenoxy) is 1. The van der Waals surface area contributed by atoms with Gasteiger partial charge in [-0.15, -0.1) is 0 Å². The largest absolute Gasteiger partial charge is 0.481 e. The zero-order valence-corrected chi connectivity index (χ0v) is 8.40. The second-order valence-corrected chi connectivity index (χ2v) is 2.96. The van der Waals surface area contributed by atoms with Gasteiger partial charge in [0.2, 0.25) is 5.88 Å². The first-order valence-corrected chi connectivity index (χ1v) is 4.40. The Morgan fingerprint density at radius 2 is 2.25 bits per heavy atom. The molecule has 0 atom stereocenters. The van der Waals surface area contributed by atoms with E-state index in [1.54, 1.807) is 12.1 Å². The van der Waals surface area contributed by atoms with Crippen molar-refractivity contribution in [2.75, 3.05) is 7.11 Å². The van der Waals surface area contributed by atoms with Crippen molar-refractivity contribution in [2.24, 2.45) is 0 Å². The lowest BCUT2D eigenvalue weighted by atomic mass is 10.4. The van der Waals surface area contributed by atoms with Crippen molar-refractivity contribution in [3.05, 3.63) is 40.8 Å². The third kappa shape index (κ3) is 1.83. The third-order valence-electron chi connectivity index (χ3n) is 1.97. The van der Waals surface area contributed by atoms with Crippen LogP contribution in [0.25, 0.3) is 5.69 Å². The highest BCUT2D eigenvalue weighted by Crippen LogP contribution is 2.14. The van der Waals surface area contributed by atoms with E-state index in [1.165, 1.54) is 30.4 Å². The minimum Gasteiger partial charge on any atom is -0.481 e. The monoisotopic (exact) mass is 220 g/mol. The Morgan fingerprint density at radius 1 is 1.44 bits per heavy atom. The fourth-order valence-corrected chi connectivity index (χ4v) is 1.18. The molecule has 16 heavy (non-hydrogen) atoms. The second kappa shape index (κ2) is 3.97. The first-order valence-electron chi connectivity index (χ1n) is 4.40. The first-order chi connectivity index (χ1) is 7.70. The number of methoxy groups -OCH3 is 1. The molecule has 82 valence electrons. The number of nitrogens with zero attached hydrogens (tertiary/aromatic N) is 4. The van der Waals surface area contributed by atoms with Crippen molar-refractivity contribution < 1.29 is 9.66 Å². The number of rotatable bonds is 3. The molecule has 0 bridgehead atoms. The minimum atomic E-state index is -0.500. The third-order valence-corrected chi connectivity index (χ3v) is 1.97. The smallest absolute Gasteiger partial charge is 0.307 e. The Hall–Kier alpha value is -2.44. The van der Waals surface area contributed by atoms with Crippen molar-refractivity contribution in [1.29, 1.82) is 0 Å². The highest BCUT2D eigenvalue weighted by molar-refractivity contribution is 5.34. The molecule has 0 unspecified atom stereocenters. The molecule has 0 saturated carbocycles. The van der Waals surface area contributed by atoms with Gasteiger partial charge >= 0.3 is 5.69 Å². The maximum Gasteiger partial charge on any atom is 0.307 e. The fourth-order valence-electron chi connectivity index (χ4n) is 1.18. The molecule has 2 aromatic heterocycles. The molecule has 0 fully saturated rings. The van der Waals surface area contributed by atoms with E-state index in [-0.39, 0.29) is 5.69 Å². The van der Waals surface area contributed by atoms with Gasteiger partial charge in [0.1, 0.15) is 12.4 Å². The molecule has 2 rings (SSSR count). The van der Waals surface area contributed by atoms with E-state index in [4.69, 9.17) is 4.74 Å². The fraction of sp³-hybridized carbons (Fsp3) is 0.111. The van der Waals surface area contributed by atoms with Crippen molar-refractivity contribution in [2.45, 2.75) is 0 Å². The molecule has 0 aliphatic carbocycles. The lowest BCUT2D eigenvalue weighted by Crippen LogP contribution is -1.96. The summed E-state index contributed by atoms with van der Waals surface area (Å²) in [7, 11) is 1.51. The highest BCUT2D eigenvalue weighted by Gasteiger charge is 2.09. The van der Waals surface area contributed by atoms with Crippen LogP contribution in [0, 0.1) is 10.1 Å². The molecule has 0 N–H and O–H groups in total. The van der Waals surface area contributed by atoms with E-state index in [0.29, 0.717) is 11.6 Å². The van der Waals surface area contributed by atoms with Crippen molar-refractivity contribution in [3.63, 3.8) is 0 Å². The highest BCUT2D eigenvalue weighted by atomic mass is 16.6. The van der Waals surface area contributed by atoms with Gasteiger partial charge in [-0.3, -0.25) is 10.1 Å². The summed E-state index contributed by atoms with van der Waals surface area (Å²) < 4.78 is 6.28. The van der Waals surface area contributed by atoms with Crippen LogP contribution in [0.5, 0.6) is 5.88 Å². The van der Waals surface area contributed by atoms with Crippen LogP contribution in [-0.2, 0) is 0 Å². The number of aromatic nitrogens is 3. The summed E-state index contributed by atoms with van der Waals surface area (Å²) in [6.07, 6.45) is 4.03. The predicted octanol–water partition coefficient (Wildman–Crippen LogP) is 1.18.